The monoisotopic (exact) mass is 360 g/mol. The molecule has 1 heterocycles. The van der Waals surface area contributed by atoms with Gasteiger partial charge in [0.25, 0.3) is 0 Å². The number of rotatable bonds is 8. The van der Waals surface area contributed by atoms with Crippen LogP contribution in [0.15, 0.2) is 65.8 Å². The average Bonchev–Trinajstić information content (AvgIpc) is 2.70. The molecule has 1 aromatic heterocycles. The average molecular weight is 360 g/mol. The predicted molar refractivity (Wildman–Crippen MR) is 110 cm³/mol. The van der Waals surface area contributed by atoms with E-state index in [4.69, 9.17) is 4.74 Å². The first-order chi connectivity index (χ1) is 13.2. The summed E-state index contributed by atoms with van der Waals surface area (Å²) >= 11 is 0. The molecule has 0 aliphatic heterocycles. The van der Waals surface area contributed by atoms with E-state index in [0.717, 1.165) is 42.0 Å². The third-order valence-corrected chi connectivity index (χ3v) is 3.95. The van der Waals surface area contributed by atoms with Gasteiger partial charge in [-0.2, -0.15) is 5.10 Å². The molecular weight excluding hydrogens is 336 g/mol. The molecular formula is C22H24N4O. The number of ether oxygens (including phenoxy) is 1. The summed E-state index contributed by atoms with van der Waals surface area (Å²) in [5.41, 5.74) is 5.89. The molecule has 0 aliphatic carbocycles. The van der Waals surface area contributed by atoms with Crippen LogP contribution >= 0.6 is 0 Å². The molecule has 0 bridgehead atoms. The van der Waals surface area contributed by atoms with Crippen LogP contribution in [0.25, 0.3) is 11.3 Å². The molecule has 1 N–H and O–H groups in total. The first kappa shape index (κ1) is 18.6. The third kappa shape index (κ3) is 5.64. The second-order valence-electron chi connectivity index (χ2n) is 6.19. The van der Waals surface area contributed by atoms with Crippen molar-refractivity contribution < 1.29 is 4.74 Å². The van der Waals surface area contributed by atoms with Gasteiger partial charge < -0.3 is 4.74 Å². The molecule has 3 rings (SSSR count). The van der Waals surface area contributed by atoms with Crippen LogP contribution in [0.4, 0.5) is 5.82 Å². The van der Waals surface area contributed by atoms with Crippen molar-refractivity contribution in [2.24, 2.45) is 5.10 Å². The number of unbranched alkanes of at least 4 members (excludes halogenated alkanes) is 1. The minimum Gasteiger partial charge on any atom is -0.494 e. The lowest BCUT2D eigenvalue weighted by atomic mass is 10.1. The molecule has 0 unspecified atom stereocenters. The third-order valence-electron chi connectivity index (χ3n) is 3.95. The minimum atomic E-state index is 0.664. The minimum absolute atomic E-state index is 0.664. The van der Waals surface area contributed by atoms with Crippen molar-refractivity contribution in [3.8, 4) is 17.0 Å². The number of hydrazone groups is 1. The van der Waals surface area contributed by atoms with Crippen molar-refractivity contribution in [1.29, 1.82) is 0 Å². The van der Waals surface area contributed by atoms with Crippen molar-refractivity contribution in [3.05, 3.63) is 72.1 Å². The van der Waals surface area contributed by atoms with Crippen molar-refractivity contribution in [3.63, 3.8) is 0 Å². The van der Waals surface area contributed by atoms with Gasteiger partial charge in [-0.1, -0.05) is 43.7 Å². The van der Waals surface area contributed by atoms with E-state index >= 15 is 0 Å². The molecule has 0 fully saturated rings. The van der Waals surface area contributed by atoms with E-state index in [-0.39, 0.29) is 0 Å². The van der Waals surface area contributed by atoms with Crippen LogP contribution in [0.2, 0.25) is 0 Å². The number of hydrogen-bond acceptors (Lipinski definition) is 5. The SMILES string of the molecule is CCCCOc1ccc(/C=N/Nc2cc(-c3ccccc3)nc(C)n2)cc1. The predicted octanol–water partition coefficient (Wildman–Crippen LogP) is 5.08. The van der Waals surface area contributed by atoms with Gasteiger partial charge in [0.05, 0.1) is 18.5 Å². The van der Waals surface area contributed by atoms with E-state index < -0.39 is 0 Å². The number of hydrogen-bond donors (Lipinski definition) is 1. The summed E-state index contributed by atoms with van der Waals surface area (Å²) in [5.74, 6) is 2.24. The summed E-state index contributed by atoms with van der Waals surface area (Å²) in [4.78, 5) is 8.88. The quantitative estimate of drug-likeness (QED) is 0.346. The van der Waals surface area contributed by atoms with E-state index in [9.17, 15) is 0 Å². The Kier molecular flexibility index (Phi) is 6.52. The molecule has 0 saturated heterocycles. The maximum Gasteiger partial charge on any atom is 0.150 e. The van der Waals surface area contributed by atoms with Crippen LogP contribution < -0.4 is 10.2 Å². The smallest absolute Gasteiger partial charge is 0.150 e. The second-order valence-corrected chi connectivity index (χ2v) is 6.19. The summed E-state index contributed by atoms with van der Waals surface area (Å²) in [7, 11) is 0. The van der Waals surface area contributed by atoms with Crippen LogP contribution in [0, 0.1) is 6.92 Å². The fourth-order valence-corrected chi connectivity index (χ4v) is 2.54. The number of anilines is 1. The number of aryl methyl sites for hydroxylation is 1. The van der Waals surface area contributed by atoms with Gasteiger partial charge in [0, 0.05) is 11.6 Å². The van der Waals surface area contributed by atoms with Crippen LogP contribution in [0.3, 0.4) is 0 Å². The van der Waals surface area contributed by atoms with Gasteiger partial charge in [0.15, 0.2) is 0 Å². The van der Waals surface area contributed by atoms with Gasteiger partial charge in [-0.05, 0) is 43.2 Å². The Morgan fingerprint density at radius 1 is 1.04 bits per heavy atom. The van der Waals surface area contributed by atoms with Crippen molar-refractivity contribution >= 4 is 12.0 Å². The first-order valence-corrected chi connectivity index (χ1v) is 9.17. The molecule has 3 aromatic rings. The van der Waals surface area contributed by atoms with E-state index in [1.807, 2.05) is 67.6 Å². The van der Waals surface area contributed by atoms with Crippen LogP contribution in [-0.4, -0.2) is 22.8 Å². The van der Waals surface area contributed by atoms with E-state index in [2.05, 4.69) is 27.4 Å². The van der Waals surface area contributed by atoms with Gasteiger partial charge in [-0.15, -0.1) is 0 Å². The number of nitrogens with one attached hydrogen (secondary N) is 1. The zero-order valence-corrected chi connectivity index (χ0v) is 15.7. The molecule has 2 aromatic carbocycles. The highest BCUT2D eigenvalue weighted by molar-refractivity contribution is 5.80. The maximum atomic E-state index is 5.67. The first-order valence-electron chi connectivity index (χ1n) is 9.17. The molecule has 138 valence electrons. The zero-order valence-electron chi connectivity index (χ0n) is 15.7. The van der Waals surface area contributed by atoms with Crippen molar-refractivity contribution in [2.45, 2.75) is 26.7 Å². The molecule has 0 saturated carbocycles. The fraction of sp³-hybridized carbons (Fsp3) is 0.227. The molecule has 0 spiro atoms. The largest absolute Gasteiger partial charge is 0.494 e. The van der Waals surface area contributed by atoms with E-state index in [1.165, 1.54) is 0 Å². The van der Waals surface area contributed by atoms with Crippen LogP contribution in [0.1, 0.15) is 31.2 Å². The Morgan fingerprint density at radius 2 is 1.81 bits per heavy atom. The lowest BCUT2D eigenvalue weighted by Crippen LogP contribution is -1.99. The summed E-state index contributed by atoms with van der Waals surface area (Å²) in [5, 5.41) is 4.29. The number of nitrogens with zero attached hydrogens (tertiary/aromatic N) is 3. The molecule has 0 aliphatic rings. The molecule has 5 nitrogen and oxygen atoms in total. The summed E-state index contributed by atoms with van der Waals surface area (Å²) in [6, 6.07) is 19.8. The Morgan fingerprint density at radius 3 is 2.56 bits per heavy atom. The van der Waals surface area contributed by atoms with Gasteiger partial charge in [-0.3, -0.25) is 5.43 Å². The van der Waals surface area contributed by atoms with Gasteiger partial charge in [0.2, 0.25) is 0 Å². The Hall–Kier alpha value is -3.21. The summed E-state index contributed by atoms with van der Waals surface area (Å²) in [6.07, 6.45) is 3.96. The van der Waals surface area contributed by atoms with E-state index in [1.54, 1.807) is 6.21 Å². The molecule has 0 atom stereocenters. The maximum absolute atomic E-state index is 5.67. The second kappa shape index (κ2) is 9.48. The highest BCUT2D eigenvalue weighted by atomic mass is 16.5. The lowest BCUT2D eigenvalue weighted by Gasteiger charge is -2.06. The van der Waals surface area contributed by atoms with Gasteiger partial charge in [0.1, 0.15) is 17.4 Å². The van der Waals surface area contributed by atoms with Crippen molar-refractivity contribution in [1.82, 2.24) is 9.97 Å². The number of benzene rings is 2. The number of aromatic nitrogens is 2. The van der Waals surface area contributed by atoms with Crippen molar-refractivity contribution in [2.75, 3.05) is 12.0 Å². The highest BCUT2D eigenvalue weighted by Gasteiger charge is 2.03. The molecule has 0 radical (unpaired) electrons. The summed E-state index contributed by atoms with van der Waals surface area (Å²) in [6.45, 7) is 4.78. The Bertz CT molecular complexity index is 877. The topological polar surface area (TPSA) is 59.4 Å². The van der Waals surface area contributed by atoms with Crippen LogP contribution in [-0.2, 0) is 0 Å². The Labute approximate surface area is 160 Å². The van der Waals surface area contributed by atoms with E-state index in [0.29, 0.717) is 11.6 Å². The molecule has 27 heavy (non-hydrogen) atoms. The van der Waals surface area contributed by atoms with Crippen LogP contribution in [0.5, 0.6) is 5.75 Å². The van der Waals surface area contributed by atoms with Gasteiger partial charge in [-0.25, -0.2) is 9.97 Å². The normalized spacial score (nSPS) is 10.9. The highest BCUT2D eigenvalue weighted by Crippen LogP contribution is 2.19. The Balaban J connectivity index is 1.63. The lowest BCUT2D eigenvalue weighted by molar-refractivity contribution is 0.309. The zero-order chi connectivity index (χ0) is 18.9. The molecule has 0 amide bonds. The standard InChI is InChI=1S/C22H24N4O/c1-3-4-14-27-20-12-10-18(11-13-20)16-23-26-22-15-21(24-17(2)25-22)19-8-6-5-7-9-19/h5-13,15-16H,3-4,14H2,1-2H3,(H,24,25,26)/b23-16+. The molecule has 5 heteroatoms. The van der Waals surface area contributed by atoms with Gasteiger partial charge >= 0.3 is 0 Å². The summed E-state index contributed by atoms with van der Waals surface area (Å²) < 4.78 is 5.67. The fourth-order valence-electron chi connectivity index (χ4n) is 2.54.